The first-order valence-corrected chi connectivity index (χ1v) is 9.55. The Morgan fingerprint density at radius 3 is 2.71 bits per heavy atom. The molecule has 1 saturated heterocycles. The van der Waals surface area contributed by atoms with Crippen LogP contribution in [0.1, 0.15) is 25.8 Å². The minimum absolute atomic E-state index is 0.112. The van der Waals surface area contributed by atoms with Crippen LogP contribution in [0.25, 0.3) is 0 Å². The van der Waals surface area contributed by atoms with E-state index in [1.165, 1.54) is 0 Å². The van der Waals surface area contributed by atoms with Crippen molar-refractivity contribution in [1.29, 1.82) is 0 Å². The largest absolute Gasteiger partial charge is 0.493 e. The van der Waals surface area contributed by atoms with E-state index in [0.717, 1.165) is 5.56 Å². The molecule has 0 saturated carbocycles. The summed E-state index contributed by atoms with van der Waals surface area (Å²) in [5.41, 5.74) is 0.989. The molecule has 8 heteroatoms. The molecule has 0 spiro atoms. The summed E-state index contributed by atoms with van der Waals surface area (Å²) < 4.78 is 16.0. The molecule has 1 aromatic carbocycles. The Labute approximate surface area is 166 Å². The van der Waals surface area contributed by atoms with Gasteiger partial charge in [0.1, 0.15) is 0 Å². The van der Waals surface area contributed by atoms with Crippen molar-refractivity contribution in [3.8, 4) is 11.5 Å². The molecule has 0 bridgehead atoms. The highest BCUT2D eigenvalue weighted by Gasteiger charge is 2.31. The van der Waals surface area contributed by atoms with Gasteiger partial charge in [-0.2, -0.15) is 0 Å². The average molecular weight is 393 g/mol. The van der Waals surface area contributed by atoms with Crippen LogP contribution in [0.4, 0.5) is 0 Å². The SMILES string of the molecule is COc1ccc(CN2CCNC(=O)C2CC(=O)NCCOC(C)C)cc1OC. The van der Waals surface area contributed by atoms with Crippen molar-refractivity contribution in [2.45, 2.75) is 39.0 Å². The minimum atomic E-state index is -0.507. The highest BCUT2D eigenvalue weighted by Crippen LogP contribution is 2.28. The summed E-state index contributed by atoms with van der Waals surface area (Å²) in [6.07, 6.45) is 0.235. The van der Waals surface area contributed by atoms with Gasteiger partial charge in [-0.05, 0) is 31.5 Å². The first-order valence-electron chi connectivity index (χ1n) is 9.55. The molecule has 0 aliphatic carbocycles. The molecule has 1 heterocycles. The van der Waals surface area contributed by atoms with Crippen molar-refractivity contribution in [1.82, 2.24) is 15.5 Å². The molecule has 28 heavy (non-hydrogen) atoms. The standard InChI is InChI=1S/C20H31N3O5/c1-14(2)28-10-8-21-19(24)12-16-20(25)22-7-9-23(16)13-15-5-6-17(26-3)18(11-15)27-4/h5-6,11,14,16H,7-10,12-13H2,1-4H3,(H,21,24)(H,22,25). The number of rotatable bonds is 10. The van der Waals surface area contributed by atoms with E-state index in [4.69, 9.17) is 14.2 Å². The van der Waals surface area contributed by atoms with Crippen molar-refractivity contribution < 1.29 is 23.8 Å². The van der Waals surface area contributed by atoms with Gasteiger partial charge in [-0.3, -0.25) is 14.5 Å². The predicted octanol–water partition coefficient (Wildman–Crippen LogP) is 0.936. The van der Waals surface area contributed by atoms with Gasteiger partial charge >= 0.3 is 0 Å². The van der Waals surface area contributed by atoms with Crippen molar-refractivity contribution in [2.75, 3.05) is 40.5 Å². The lowest BCUT2D eigenvalue weighted by molar-refractivity contribution is -0.134. The average Bonchev–Trinajstić information content (AvgIpc) is 2.67. The third-order valence-corrected chi connectivity index (χ3v) is 4.53. The van der Waals surface area contributed by atoms with Gasteiger partial charge in [0.2, 0.25) is 11.8 Å². The van der Waals surface area contributed by atoms with Crippen LogP contribution in [0.2, 0.25) is 0 Å². The number of carbonyl (C=O) groups excluding carboxylic acids is 2. The lowest BCUT2D eigenvalue weighted by atomic mass is 10.1. The van der Waals surface area contributed by atoms with Crippen molar-refractivity contribution in [2.24, 2.45) is 0 Å². The monoisotopic (exact) mass is 393 g/mol. The van der Waals surface area contributed by atoms with Gasteiger partial charge in [0.15, 0.2) is 11.5 Å². The van der Waals surface area contributed by atoms with Crippen molar-refractivity contribution in [3.63, 3.8) is 0 Å². The lowest BCUT2D eigenvalue weighted by Gasteiger charge is -2.34. The smallest absolute Gasteiger partial charge is 0.237 e. The van der Waals surface area contributed by atoms with Gasteiger partial charge in [-0.1, -0.05) is 6.07 Å². The Hall–Kier alpha value is -2.32. The number of benzene rings is 1. The maximum absolute atomic E-state index is 12.4. The van der Waals surface area contributed by atoms with Crippen LogP contribution in [0, 0.1) is 0 Å². The zero-order valence-corrected chi connectivity index (χ0v) is 17.1. The summed E-state index contributed by atoms with van der Waals surface area (Å²) in [4.78, 5) is 26.7. The van der Waals surface area contributed by atoms with Crippen LogP contribution >= 0.6 is 0 Å². The number of carbonyl (C=O) groups is 2. The Morgan fingerprint density at radius 1 is 1.29 bits per heavy atom. The van der Waals surface area contributed by atoms with Crippen LogP contribution in [-0.2, 0) is 20.9 Å². The van der Waals surface area contributed by atoms with Gasteiger partial charge in [0.05, 0.1) is 39.4 Å². The van der Waals surface area contributed by atoms with E-state index in [2.05, 4.69) is 10.6 Å². The number of methoxy groups -OCH3 is 2. The van der Waals surface area contributed by atoms with E-state index >= 15 is 0 Å². The summed E-state index contributed by atoms with van der Waals surface area (Å²) in [7, 11) is 3.18. The summed E-state index contributed by atoms with van der Waals surface area (Å²) in [5.74, 6) is 1.01. The fraction of sp³-hybridized carbons (Fsp3) is 0.600. The Morgan fingerprint density at radius 2 is 2.04 bits per heavy atom. The molecule has 2 rings (SSSR count). The zero-order valence-electron chi connectivity index (χ0n) is 17.1. The second kappa shape index (κ2) is 10.9. The molecule has 0 aromatic heterocycles. The molecule has 1 unspecified atom stereocenters. The molecule has 1 aliphatic heterocycles. The maximum atomic E-state index is 12.4. The van der Waals surface area contributed by atoms with Gasteiger partial charge in [0.25, 0.3) is 0 Å². The number of ether oxygens (including phenoxy) is 3. The van der Waals surface area contributed by atoms with Crippen LogP contribution in [0.15, 0.2) is 18.2 Å². The molecule has 2 N–H and O–H groups in total. The van der Waals surface area contributed by atoms with Gasteiger partial charge < -0.3 is 24.8 Å². The Bertz CT molecular complexity index is 665. The number of hydrogen-bond acceptors (Lipinski definition) is 6. The molecule has 1 aromatic rings. The Balaban J connectivity index is 1.98. The molecular weight excluding hydrogens is 362 g/mol. The maximum Gasteiger partial charge on any atom is 0.237 e. The number of piperazine rings is 1. The molecule has 2 amide bonds. The molecule has 1 aliphatic rings. The zero-order chi connectivity index (χ0) is 20.5. The first kappa shape index (κ1) is 22.0. The van der Waals surface area contributed by atoms with Gasteiger partial charge in [0, 0.05) is 26.2 Å². The van der Waals surface area contributed by atoms with E-state index < -0.39 is 6.04 Å². The highest BCUT2D eigenvalue weighted by molar-refractivity contribution is 5.88. The lowest BCUT2D eigenvalue weighted by Crippen LogP contribution is -2.56. The van der Waals surface area contributed by atoms with Crippen molar-refractivity contribution in [3.05, 3.63) is 23.8 Å². The topological polar surface area (TPSA) is 89.1 Å². The first-order chi connectivity index (χ1) is 13.4. The number of amides is 2. The molecule has 1 atom stereocenters. The molecule has 8 nitrogen and oxygen atoms in total. The summed E-state index contributed by atoms with van der Waals surface area (Å²) in [5, 5.41) is 5.66. The third kappa shape index (κ3) is 6.38. The van der Waals surface area contributed by atoms with E-state index in [-0.39, 0.29) is 24.3 Å². The quantitative estimate of drug-likeness (QED) is 0.575. The predicted molar refractivity (Wildman–Crippen MR) is 105 cm³/mol. The van der Waals surface area contributed by atoms with Crippen LogP contribution in [-0.4, -0.2) is 69.3 Å². The highest BCUT2D eigenvalue weighted by atomic mass is 16.5. The number of nitrogens with zero attached hydrogens (tertiary/aromatic N) is 1. The summed E-state index contributed by atoms with van der Waals surface area (Å²) in [6, 6.07) is 5.17. The molecule has 1 fully saturated rings. The van der Waals surface area contributed by atoms with E-state index in [9.17, 15) is 9.59 Å². The van der Waals surface area contributed by atoms with Crippen LogP contribution < -0.4 is 20.1 Å². The van der Waals surface area contributed by atoms with E-state index in [1.54, 1.807) is 14.2 Å². The van der Waals surface area contributed by atoms with Crippen molar-refractivity contribution >= 4 is 11.8 Å². The van der Waals surface area contributed by atoms with E-state index in [0.29, 0.717) is 44.3 Å². The number of hydrogen-bond donors (Lipinski definition) is 2. The van der Waals surface area contributed by atoms with Gasteiger partial charge in [-0.25, -0.2) is 0 Å². The second-order valence-corrected chi connectivity index (χ2v) is 6.94. The normalized spacial score (nSPS) is 17.3. The summed E-state index contributed by atoms with van der Waals surface area (Å²) >= 11 is 0. The third-order valence-electron chi connectivity index (χ3n) is 4.53. The second-order valence-electron chi connectivity index (χ2n) is 6.94. The number of nitrogens with one attached hydrogen (secondary N) is 2. The molecule has 0 radical (unpaired) electrons. The van der Waals surface area contributed by atoms with Gasteiger partial charge in [-0.15, -0.1) is 0 Å². The van der Waals surface area contributed by atoms with Crippen LogP contribution in [0.5, 0.6) is 11.5 Å². The molecule has 156 valence electrons. The fourth-order valence-corrected chi connectivity index (χ4v) is 3.12. The Kier molecular flexibility index (Phi) is 8.53. The fourth-order valence-electron chi connectivity index (χ4n) is 3.12. The summed E-state index contributed by atoms with van der Waals surface area (Å²) in [6.45, 7) is 6.56. The minimum Gasteiger partial charge on any atom is -0.493 e. The molecular formula is C20H31N3O5. The van der Waals surface area contributed by atoms with Crippen LogP contribution in [0.3, 0.4) is 0 Å². The van der Waals surface area contributed by atoms with E-state index in [1.807, 2.05) is 36.9 Å².